The van der Waals surface area contributed by atoms with Crippen LogP contribution in [-0.4, -0.2) is 33.6 Å². The Hall–Kier alpha value is -3.52. The van der Waals surface area contributed by atoms with E-state index in [-0.39, 0.29) is 23.1 Å². The second-order valence-electron chi connectivity index (χ2n) is 7.16. The van der Waals surface area contributed by atoms with Gasteiger partial charge in [-0.25, -0.2) is 8.42 Å². The van der Waals surface area contributed by atoms with Crippen LogP contribution in [0.15, 0.2) is 77.7 Å². The van der Waals surface area contributed by atoms with Crippen molar-refractivity contribution in [3.8, 4) is 11.5 Å². The van der Waals surface area contributed by atoms with Crippen LogP contribution in [0.25, 0.3) is 0 Å². The molecule has 3 aromatic carbocycles. The fourth-order valence-corrected chi connectivity index (χ4v) is 4.55. The summed E-state index contributed by atoms with van der Waals surface area (Å²) in [6.45, 7) is 2.23. The van der Waals surface area contributed by atoms with Crippen LogP contribution in [0.3, 0.4) is 0 Å². The van der Waals surface area contributed by atoms with Crippen molar-refractivity contribution in [1.29, 1.82) is 0 Å². The summed E-state index contributed by atoms with van der Waals surface area (Å²) in [6.07, 6.45) is -0.341. The number of rotatable bonds is 6. The van der Waals surface area contributed by atoms with Gasteiger partial charge in [-0.1, -0.05) is 36.4 Å². The highest BCUT2D eigenvalue weighted by Crippen LogP contribution is 2.30. The number of ether oxygens (including phenoxy) is 2. The minimum Gasteiger partial charge on any atom is -0.486 e. The zero-order valence-corrected chi connectivity index (χ0v) is 17.7. The minimum atomic E-state index is -3.84. The van der Waals surface area contributed by atoms with E-state index in [0.29, 0.717) is 29.4 Å². The Balaban J connectivity index is 1.45. The molecule has 1 heterocycles. The molecule has 7 nitrogen and oxygen atoms in total. The summed E-state index contributed by atoms with van der Waals surface area (Å²) in [4.78, 5) is 12.7. The van der Waals surface area contributed by atoms with Crippen LogP contribution in [0.1, 0.15) is 15.9 Å². The van der Waals surface area contributed by atoms with Gasteiger partial charge in [0.25, 0.3) is 15.9 Å². The highest BCUT2D eigenvalue weighted by molar-refractivity contribution is 7.92. The molecule has 160 valence electrons. The molecule has 4 rings (SSSR count). The van der Waals surface area contributed by atoms with E-state index in [1.165, 1.54) is 6.07 Å². The molecule has 0 aromatic heterocycles. The van der Waals surface area contributed by atoms with E-state index in [1.54, 1.807) is 55.5 Å². The number of aryl methyl sites for hydroxylation is 1. The van der Waals surface area contributed by atoms with Gasteiger partial charge in [0.2, 0.25) is 0 Å². The first-order valence-electron chi connectivity index (χ1n) is 9.77. The third kappa shape index (κ3) is 4.80. The average Bonchev–Trinajstić information content (AvgIpc) is 2.78. The predicted molar refractivity (Wildman–Crippen MR) is 117 cm³/mol. The molecule has 1 aliphatic rings. The molecule has 2 N–H and O–H groups in total. The third-order valence-corrected chi connectivity index (χ3v) is 6.35. The highest BCUT2D eigenvalue weighted by atomic mass is 32.2. The molecule has 0 aliphatic carbocycles. The largest absolute Gasteiger partial charge is 0.486 e. The van der Waals surface area contributed by atoms with E-state index < -0.39 is 15.9 Å². The Bertz CT molecular complexity index is 1200. The molecule has 1 aliphatic heterocycles. The van der Waals surface area contributed by atoms with Crippen LogP contribution in [0.2, 0.25) is 0 Å². The van der Waals surface area contributed by atoms with Crippen molar-refractivity contribution in [1.82, 2.24) is 5.32 Å². The van der Waals surface area contributed by atoms with Gasteiger partial charge in [-0.3, -0.25) is 9.52 Å². The van der Waals surface area contributed by atoms with Gasteiger partial charge in [0.1, 0.15) is 12.7 Å². The van der Waals surface area contributed by atoms with Crippen molar-refractivity contribution >= 4 is 21.6 Å². The molecule has 0 radical (unpaired) electrons. The molecule has 1 atom stereocenters. The Morgan fingerprint density at radius 2 is 1.71 bits per heavy atom. The Morgan fingerprint density at radius 3 is 2.48 bits per heavy atom. The first kappa shape index (κ1) is 20.7. The van der Waals surface area contributed by atoms with Crippen molar-refractivity contribution < 1.29 is 22.7 Å². The van der Waals surface area contributed by atoms with Crippen LogP contribution in [0, 0.1) is 6.92 Å². The van der Waals surface area contributed by atoms with Crippen molar-refractivity contribution in [2.45, 2.75) is 17.9 Å². The molecule has 8 heteroatoms. The molecule has 0 saturated heterocycles. The number of nitrogens with one attached hydrogen (secondary N) is 2. The van der Waals surface area contributed by atoms with Crippen LogP contribution in [-0.2, 0) is 10.0 Å². The lowest BCUT2D eigenvalue weighted by Crippen LogP contribution is -2.40. The standard InChI is InChI=1S/C23H22N2O5S/c1-16-11-12-17(13-22(16)31(27,28)25-18-7-3-2-4-8-18)23(26)24-14-19-15-29-20-9-5-6-10-21(20)30-19/h2-13,19,25H,14-15H2,1H3,(H,24,26)/t19-/m1/s1. The van der Waals surface area contributed by atoms with E-state index in [1.807, 2.05) is 18.2 Å². The summed E-state index contributed by atoms with van der Waals surface area (Å²) in [5.41, 5.74) is 1.24. The number of anilines is 1. The number of amides is 1. The van der Waals surface area contributed by atoms with Gasteiger partial charge in [-0.05, 0) is 48.9 Å². The Labute approximate surface area is 181 Å². The first-order valence-corrected chi connectivity index (χ1v) is 11.3. The summed E-state index contributed by atoms with van der Waals surface area (Å²) in [6, 6.07) is 20.5. The zero-order chi connectivity index (χ0) is 21.8. The number of benzene rings is 3. The lowest BCUT2D eigenvalue weighted by atomic mass is 10.1. The van der Waals surface area contributed by atoms with Crippen LogP contribution in [0.5, 0.6) is 11.5 Å². The van der Waals surface area contributed by atoms with E-state index >= 15 is 0 Å². The number of hydrogen-bond acceptors (Lipinski definition) is 5. The quantitative estimate of drug-likeness (QED) is 0.616. The molecule has 0 fully saturated rings. The summed E-state index contributed by atoms with van der Waals surface area (Å²) < 4.78 is 39.7. The van der Waals surface area contributed by atoms with Gasteiger partial charge < -0.3 is 14.8 Å². The maximum Gasteiger partial charge on any atom is 0.262 e. The molecular weight excluding hydrogens is 416 g/mol. The number of carbonyl (C=O) groups is 1. The second-order valence-corrected chi connectivity index (χ2v) is 8.81. The summed E-state index contributed by atoms with van der Waals surface area (Å²) in [5, 5.41) is 2.79. The normalized spacial score (nSPS) is 15.2. The van der Waals surface area contributed by atoms with Crippen LogP contribution in [0.4, 0.5) is 5.69 Å². The lowest BCUT2D eigenvalue weighted by molar-refractivity contribution is 0.0789. The maximum absolute atomic E-state index is 12.8. The minimum absolute atomic E-state index is 0.0511. The fourth-order valence-electron chi connectivity index (χ4n) is 3.22. The number of hydrogen-bond donors (Lipinski definition) is 2. The van der Waals surface area contributed by atoms with E-state index in [9.17, 15) is 13.2 Å². The zero-order valence-electron chi connectivity index (χ0n) is 16.9. The monoisotopic (exact) mass is 438 g/mol. The number of para-hydroxylation sites is 3. The summed E-state index contributed by atoms with van der Waals surface area (Å²) >= 11 is 0. The fraction of sp³-hybridized carbons (Fsp3) is 0.174. The molecule has 0 bridgehead atoms. The number of sulfonamides is 1. The number of fused-ring (bicyclic) bond motifs is 1. The van der Waals surface area contributed by atoms with E-state index in [2.05, 4.69) is 10.0 Å². The van der Waals surface area contributed by atoms with Crippen molar-refractivity contribution in [3.63, 3.8) is 0 Å². The third-order valence-electron chi connectivity index (χ3n) is 4.82. The summed E-state index contributed by atoms with van der Waals surface area (Å²) in [5.74, 6) is 0.909. The Kier molecular flexibility index (Phi) is 5.81. The predicted octanol–water partition coefficient (Wildman–Crippen LogP) is 3.37. The summed E-state index contributed by atoms with van der Waals surface area (Å²) in [7, 11) is -3.84. The van der Waals surface area contributed by atoms with Gasteiger partial charge in [0.15, 0.2) is 11.5 Å². The second kappa shape index (κ2) is 8.69. The smallest absolute Gasteiger partial charge is 0.262 e. The van der Waals surface area contributed by atoms with Crippen molar-refractivity contribution in [3.05, 3.63) is 83.9 Å². The van der Waals surface area contributed by atoms with Crippen molar-refractivity contribution in [2.75, 3.05) is 17.9 Å². The maximum atomic E-state index is 12.8. The van der Waals surface area contributed by atoms with Gasteiger partial charge in [-0.15, -0.1) is 0 Å². The first-order chi connectivity index (χ1) is 14.9. The molecular formula is C23H22N2O5S. The van der Waals surface area contributed by atoms with E-state index in [0.717, 1.165) is 0 Å². The molecule has 1 amide bonds. The number of carbonyl (C=O) groups excluding carboxylic acids is 1. The van der Waals surface area contributed by atoms with Crippen molar-refractivity contribution in [2.24, 2.45) is 0 Å². The molecule has 0 saturated carbocycles. The van der Waals surface area contributed by atoms with E-state index in [4.69, 9.17) is 9.47 Å². The van der Waals surface area contributed by atoms with Gasteiger partial charge in [0, 0.05) is 11.3 Å². The van der Waals surface area contributed by atoms with Gasteiger partial charge in [0.05, 0.1) is 11.4 Å². The topological polar surface area (TPSA) is 93.7 Å². The molecule has 0 spiro atoms. The molecule has 0 unspecified atom stereocenters. The Morgan fingerprint density at radius 1 is 1.00 bits per heavy atom. The molecule has 31 heavy (non-hydrogen) atoms. The molecule has 3 aromatic rings. The lowest BCUT2D eigenvalue weighted by Gasteiger charge is -2.26. The SMILES string of the molecule is Cc1ccc(C(=O)NC[C@@H]2COc3ccccc3O2)cc1S(=O)(=O)Nc1ccccc1. The van der Waals surface area contributed by atoms with Gasteiger partial charge in [-0.2, -0.15) is 0 Å². The van der Waals surface area contributed by atoms with Crippen LogP contribution >= 0.6 is 0 Å². The van der Waals surface area contributed by atoms with Crippen LogP contribution < -0.4 is 19.5 Å². The van der Waals surface area contributed by atoms with Gasteiger partial charge >= 0.3 is 0 Å². The highest BCUT2D eigenvalue weighted by Gasteiger charge is 2.23. The average molecular weight is 439 g/mol.